The van der Waals surface area contributed by atoms with E-state index in [0.717, 1.165) is 12.0 Å². The molecule has 0 unspecified atom stereocenters. The average Bonchev–Trinajstić information content (AvgIpc) is 2.55. The van der Waals surface area contributed by atoms with E-state index in [1.165, 1.54) is 11.1 Å². The topological polar surface area (TPSA) is 56.8 Å². The third-order valence-electron chi connectivity index (χ3n) is 4.64. The zero-order valence-corrected chi connectivity index (χ0v) is 18.2. The molecule has 2 rings (SSSR count). The van der Waals surface area contributed by atoms with Crippen LogP contribution in [0.2, 0.25) is 0 Å². The number of carbonyl (C=O) groups excluding carboxylic acids is 1. The fourth-order valence-electron chi connectivity index (χ4n) is 3.08. The van der Waals surface area contributed by atoms with Gasteiger partial charge in [0.2, 0.25) is 0 Å². The predicted molar refractivity (Wildman–Crippen MR) is 110 cm³/mol. The lowest BCUT2D eigenvalue weighted by molar-refractivity contribution is -0.271. The summed E-state index contributed by atoms with van der Waals surface area (Å²) in [5, 5.41) is 3.01. The number of ether oxygens (including phenoxy) is 3. The molecule has 0 saturated carbocycles. The average molecular weight is 388 g/mol. The van der Waals surface area contributed by atoms with Crippen molar-refractivity contribution in [3.8, 4) is 11.8 Å². The summed E-state index contributed by atoms with van der Waals surface area (Å²) in [6.45, 7) is 14.0. The number of alkyl carbamates (subject to hydrolysis) is 1. The number of aryl methyl sites for hydroxylation is 2. The minimum absolute atomic E-state index is 0.373. The van der Waals surface area contributed by atoms with Gasteiger partial charge in [0.25, 0.3) is 0 Å². The fourth-order valence-corrected chi connectivity index (χ4v) is 3.08. The highest BCUT2D eigenvalue weighted by atomic mass is 16.7. The Balaban J connectivity index is 2.14. The Kier molecular flexibility index (Phi) is 6.80. The molecule has 0 atom stereocenters. The first-order chi connectivity index (χ1) is 12.9. The summed E-state index contributed by atoms with van der Waals surface area (Å²) in [4.78, 5) is 12.4. The van der Waals surface area contributed by atoms with Crippen molar-refractivity contribution in [3.05, 3.63) is 34.9 Å². The first-order valence-electron chi connectivity index (χ1n) is 9.75. The molecule has 1 saturated heterocycles. The summed E-state index contributed by atoms with van der Waals surface area (Å²) in [7, 11) is 0. The van der Waals surface area contributed by atoms with Crippen molar-refractivity contribution in [1.29, 1.82) is 0 Å². The van der Waals surface area contributed by atoms with Crippen molar-refractivity contribution in [3.63, 3.8) is 0 Å². The van der Waals surface area contributed by atoms with Crippen LogP contribution in [-0.2, 0) is 20.6 Å². The van der Waals surface area contributed by atoms with Gasteiger partial charge in [-0.1, -0.05) is 12.0 Å². The molecular formula is C23H33NO4. The van der Waals surface area contributed by atoms with Crippen LogP contribution in [-0.4, -0.2) is 36.2 Å². The Hall–Kier alpha value is -2.03. The van der Waals surface area contributed by atoms with Crippen molar-refractivity contribution in [2.24, 2.45) is 0 Å². The van der Waals surface area contributed by atoms with Crippen LogP contribution in [0.25, 0.3) is 0 Å². The summed E-state index contributed by atoms with van der Waals surface area (Å²) >= 11 is 0. The molecule has 5 nitrogen and oxygen atoms in total. The van der Waals surface area contributed by atoms with Crippen molar-refractivity contribution in [2.45, 2.75) is 78.2 Å². The predicted octanol–water partition coefficient (Wildman–Crippen LogP) is 4.35. The monoisotopic (exact) mass is 387 g/mol. The third kappa shape index (κ3) is 6.54. The summed E-state index contributed by atoms with van der Waals surface area (Å²) in [6, 6.07) is 6.23. The van der Waals surface area contributed by atoms with Crippen molar-refractivity contribution in [2.75, 3.05) is 13.2 Å². The highest BCUT2D eigenvalue weighted by Crippen LogP contribution is 2.28. The van der Waals surface area contributed by atoms with Crippen LogP contribution in [0.5, 0.6) is 0 Å². The lowest BCUT2D eigenvalue weighted by atomic mass is 9.90. The van der Waals surface area contributed by atoms with Crippen LogP contribution in [0.4, 0.5) is 4.79 Å². The molecule has 0 radical (unpaired) electrons. The standard InChI is InChI=1S/C23H33NO4/c1-8-9-18-10-11-19(17(2)14-18)12-13-23(15-26-22(6,7)27-16-23)24-20(25)28-21(3,4)5/h10-11,14H,12-13,15-16H2,1-7H3,(H,24,25). The van der Waals surface area contributed by atoms with E-state index in [4.69, 9.17) is 14.2 Å². The fraction of sp³-hybridized carbons (Fsp3) is 0.609. The zero-order chi connectivity index (χ0) is 21.0. The number of hydrogen-bond donors (Lipinski definition) is 1. The van der Waals surface area contributed by atoms with E-state index < -0.39 is 23.0 Å². The first kappa shape index (κ1) is 22.3. The molecule has 1 amide bonds. The van der Waals surface area contributed by atoms with E-state index in [2.05, 4.69) is 36.2 Å². The smallest absolute Gasteiger partial charge is 0.408 e. The molecule has 0 spiro atoms. The maximum atomic E-state index is 12.4. The number of carbonyl (C=O) groups is 1. The molecule has 1 aromatic rings. The van der Waals surface area contributed by atoms with E-state index in [0.29, 0.717) is 19.6 Å². The normalized spacial score (nSPS) is 18.0. The summed E-state index contributed by atoms with van der Waals surface area (Å²) in [5.41, 5.74) is 2.22. The number of rotatable bonds is 4. The van der Waals surface area contributed by atoms with Crippen LogP contribution >= 0.6 is 0 Å². The molecule has 1 aromatic carbocycles. The Morgan fingerprint density at radius 3 is 2.43 bits per heavy atom. The lowest BCUT2D eigenvalue weighted by Crippen LogP contribution is -2.61. The molecule has 1 aliphatic heterocycles. The van der Waals surface area contributed by atoms with Gasteiger partial charge in [-0.25, -0.2) is 4.79 Å². The van der Waals surface area contributed by atoms with Crippen LogP contribution in [0.15, 0.2) is 18.2 Å². The minimum atomic E-state index is -0.657. The molecule has 0 aliphatic carbocycles. The molecular weight excluding hydrogens is 354 g/mol. The number of hydrogen-bond acceptors (Lipinski definition) is 4. The van der Waals surface area contributed by atoms with Gasteiger partial charge >= 0.3 is 6.09 Å². The zero-order valence-electron chi connectivity index (χ0n) is 18.2. The summed E-state index contributed by atoms with van der Waals surface area (Å²) in [6.07, 6.45) is 1.01. The van der Waals surface area contributed by atoms with Crippen molar-refractivity contribution in [1.82, 2.24) is 5.32 Å². The SMILES string of the molecule is CC#Cc1ccc(CCC2(NC(=O)OC(C)(C)C)COC(C)(C)OC2)c(C)c1. The molecule has 1 heterocycles. The molecule has 28 heavy (non-hydrogen) atoms. The van der Waals surface area contributed by atoms with E-state index in [1.807, 2.05) is 47.6 Å². The molecule has 1 N–H and O–H groups in total. The van der Waals surface area contributed by atoms with Crippen LogP contribution in [0, 0.1) is 18.8 Å². The molecule has 1 aliphatic rings. The van der Waals surface area contributed by atoms with Gasteiger partial charge in [-0.15, -0.1) is 5.92 Å². The quantitative estimate of drug-likeness (QED) is 0.781. The highest BCUT2D eigenvalue weighted by Gasteiger charge is 2.42. The van der Waals surface area contributed by atoms with E-state index in [1.54, 1.807) is 0 Å². The lowest BCUT2D eigenvalue weighted by Gasteiger charge is -2.44. The molecule has 5 heteroatoms. The number of amides is 1. The van der Waals surface area contributed by atoms with Gasteiger partial charge in [0.15, 0.2) is 5.79 Å². The largest absolute Gasteiger partial charge is 0.444 e. The van der Waals surface area contributed by atoms with Gasteiger partial charge in [-0.3, -0.25) is 0 Å². The first-order valence-corrected chi connectivity index (χ1v) is 9.75. The van der Waals surface area contributed by atoms with Crippen molar-refractivity contribution < 1.29 is 19.0 Å². The van der Waals surface area contributed by atoms with Gasteiger partial charge in [-0.2, -0.15) is 0 Å². The van der Waals surface area contributed by atoms with Gasteiger partial charge in [0.05, 0.1) is 18.8 Å². The van der Waals surface area contributed by atoms with Gasteiger partial charge in [0, 0.05) is 5.56 Å². The van der Waals surface area contributed by atoms with Crippen molar-refractivity contribution >= 4 is 6.09 Å². The second kappa shape index (κ2) is 8.55. The van der Waals surface area contributed by atoms with Crippen LogP contribution < -0.4 is 5.32 Å². The number of nitrogens with one attached hydrogen (secondary N) is 1. The minimum Gasteiger partial charge on any atom is -0.444 e. The Bertz CT molecular complexity index is 755. The second-order valence-electron chi connectivity index (χ2n) is 8.90. The van der Waals surface area contributed by atoms with E-state index in [9.17, 15) is 4.79 Å². The van der Waals surface area contributed by atoms with Gasteiger partial charge in [0.1, 0.15) is 5.60 Å². The summed E-state index contributed by atoms with van der Waals surface area (Å²) < 4.78 is 17.2. The third-order valence-corrected chi connectivity index (χ3v) is 4.64. The number of benzene rings is 1. The maximum absolute atomic E-state index is 12.4. The molecule has 154 valence electrons. The van der Waals surface area contributed by atoms with Gasteiger partial charge < -0.3 is 19.5 Å². The second-order valence-corrected chi connectivity index (χ2v) is 8.90. The molecule has 1 fully saturated rings. The molecule has 0 bridgehead atoms. The van der Waals surface area contributed by atoms with E-state index >= 15 is 0 Å². The van der Waals surface area contributed by atoms with E-state index in [-0.39, 0.29) is 0 Å². The molecule has 0 aromatic heterocycles. The Morgan fingerprint density at radius 2 is 1.89 bits per heavy atom. The Morgan fingerprint density at radius 1 is 1.25 bits per heavy atom. The summed E-state index contributed by atoms with van der Waals surface area (Å²) in [5.74, 6) is 5.35. The Labute approximate surface area is 169 Å². The highest BCUT2D eigenvalue weighted by molar-refractivity contribution is 5.69. The van der Waals surface area contributed by atoms with Gasteiger partial charge in [-0.05, 0) is 84.6 Å². The van der Waals surface area contributed by atoms with Crippen LogP contribution in [0.1, 0.15) is 64.7 Å². The van der Waals surface area contributed by atoms with Crippen LogP contribution in [0.3, 0.4) is 0 Å². The maximum Gasteiger partial charge on any atom is 0.408 e.